The van der Waals surface area contributed by atoms with Gasteiger partial charge in [-0.05, 0) is 37.1 Å². The first-order valence-corrected chi connectivity index (χ1v) is 8.14. The molecule has 1 amide bonds. The van der Waals surface area contributed by atoms with Gasteiger partial charge < -0.3 is 10.4 Å². The molecule has 1 aromatic carbocycles. The van der Waals surface area contributed by atoms with Crippen LogP contribution in [0.2, 0.25) is 0 Å². The van der Waals surface area contributed by atoms with Crippen LogP contribution in [0.4, 0.5) is 0 Å². The highest BCUT2D eigenvalue weighted by Gasteiger charge is 2.16. The van der Waals surface area contributed by atoms with Gasteiger partial charge in [-0.2, -0.15) is 5.10 Å². The van der Waals surface area contributed by atoms with Gasteiger partial charge in [0.2, 0.25) is 0 Å². The van der Waals surface area contributed by atoms with Crippen LogP contribution in [-0.4, -0.2) is 31.8 Å². The zero-order valence-electron chi connectivity index (χ0n) is 13.9. The summed E-state index contributed by atoms with van der Waals surface area (Å²) < 4.78 is 1.60. The molecule has 2 N–H and O–H groups in total. The highest BCUT2D eigenvalue weighted by atomic mass is 16.3. The minimum atomic E-state index is -0.625. The number of carbonyl (C=O) groups excluding carboxylic acids is 1. The number of benzene rings is 1. The zero-order valence-corrected chi connectivity index (χ0v) is 13.9. The molecule has 0 unspecified atom stereocenters. The molecule has 0 radical (unpaired) electrons. The standard InChI is InChI=1S/C19H20N4O2/c1-14(13-17(24)15-7-3-2-4-8-15)21-19(25)16-9-5-10-18(22-16)23-12-6-11-20-23/h2-12,14,17,24H,13H2,1H3,(H,21,25)/t14-,17+/m1/s1. The fourth-order valence-electron chi connectivity index (χ4n) is 2.58. The van der Waals surface area contributed by atoms with Gasteiger partial charge >= 0.3 is 0 Å². The molecule has 0 saturated carbocycles. The van der Waals surface area contributed by atoms with Crippen molar-refractivity contribution in [3.63, 3.8) is 0 Å². The first kappa shape index (κ1) is 16.9. The third-order valence-corrected chi connectivity index (χ3v) is 3.84. The monoisotopic (exact) mass is 336 g/mol. The Balaban J connectivity index is 1.63. The lowest BCUT2D eigenvalue weighted by Gasteiger charge is -2.18. The number of aliphatic hydroxyl groups is 1. The molecule has 3 rings (SSSR count). The number of amides is 1. The summed E-state index contributed by atoms with van der Waals surface area (Å²) in [7, 11) is 0. The van der Waals surface area contributed by atoms with Gasteiger partial charge in [0.1, 0.15) is 5.69 Å². The summed E-state index contributed by atoms with van der Waals surface area (Å²) in [6.07, 6.45) is 3.22. The molecule has 0 aliphatic carbocycles. The molecular weight excluding hydrogens is 316 g/mol. The number of aliphatic hydroxyl groups excluding tert-OH is 1. The Morgan fingerprint density at radius 3 is 2.68 bits per heavy atom. The summed E-state index contributed by atoms with van der Waals surface area (Å²) in [5.41, 5.74) is 1.15. The molecule has 6 nitrogen and oxygen atoms in total. The van der Waals surface area contributed by atoms with Crippen molar-refractivity contribution in [2.45, 2.75) is 25.5 Å². The normalized spacial score (nSPS) is 13.2. The van der Waals surface area contributed by atoms with E-state index in [4.69, 9.17) is 0 Å². The maximum atomic E-state index is 12.4. The van der Waals surface area contributed by atoms with Gasteiger partial charge in [0.15, 0.2) is 5.82 Å². The number of hydrogen-bond acceptors (Lipinski definition) is 4. The summed E-state index contributed by atoms with van der Waals surface area (Å²) >= 11 is 0. The highest BCUT2D eigenvalue weighted by Crippen LogP contribution is 2.17. The Kier molecular flexibility index (Phi) is 5.20. The minimum Gasteiger partial charge on any atom is -0.388 e. The van der Waals surface area contributed by atoms with E-state index in [2.05, 4.69) is 15.4 Å². The van der Waals surface area contributed by atoms with Crippen molar-refractivity contribution >= 4 is 5.91 Å². The molecule has 0 aliphatic rings. The maximum Gasteiger partial charge on any atom is 0.270 e. The van der Waals surface area contributed by atoms with Crippen molar-refractivity contribution in [3.05, 3.63) is 78.2 Å². The Bertz CT molecular complexity index is 818. The molecule has 3 aromatic rings. The second-order valence-electron chi connectivity index (χ2n) is 5.87. The third-order valence-electron chi connectivity index (χ3n) is 3.84. The number of carbonyl (C=O) groups is 1. The van der Waals surface area contributed by atoms with Crippen LogP contribution >= 0.6 is 0 Å². The van der Waals surface area contributed by atoms with Crippen LogP contribution < -0.4 is 5.32 Å². The predicted octanol–water partition coefficient (Wildman–Crippen LogP) is 2.51. The van der Waals surface area contributed by atoms with E-state index in [1.807, 2.05) is 37.3 Å². The average Bonchev–Trinajstić information content (AvgIpc) is 3.17. The van der Waals surface area contributed by atoms with Crippen LogP contribution in [0.3, 0.4) is 0 Å². The molecule has 2 heterocycles. The van der Waals surface area contributed by atoms with Crippen molar-refractivity contribution in [3.8, 4) is 5.82 Å². The Labute approximate surface area is 146 Å². The van der Waals surface area contributed by atoms with Crippen LogP contribution in [0.1, 0.15) is 35.5 Å². The Morgan fingerprint density at radius 2 is 1.96 bits per heavy atom. The lowest BCUT2D eigenvalue weighted by molar-refractivity contribution is 0.0912. The van der Waals surface area contributed by atoms with Gasteiger partial charge in [0.25, 0.3) is 5.91 Å². The Hall–Kier alpha value is -2.99. The quantitative estimate of drug-likeness (QED) is 0.725. The largest absolute Gasteiger partial charge is 0.388 e. The van der Waals surface area contributed by atoms with E-state index in [1.54, 1.807) is 41.3 Å². The fraction of sp³-hybridized carbons (Fsp3) is 0.211. The van der Waals surface area contributed by atoms with Crippen LogP contribution in [0.5, 0.6) is 0 Å². The van der Waals surface area contributed by atoms with E-state index in [1.165, 1.54) is 0 Å². The predicted molar refractivity (Wildman–Crippen MR) is 94.3 cm³/mol. The molecule has 6 heteroatoms. The molecule has 25 heavy (non-hydrogen) atoms. The lowest BCUT2D eigenvalue weighted by Crippen LogP contribution is -2.34. The van der Waals surface area contributed by atoms with Crippen molar-refractivity contribution < 1.29 is 9.90 Å². The van der Waals surface area contributed by atoms with E-state index in [9.17, 15) is 9.90 Å². The van der Waals surface area contributed by atoms with E-state index >= 15 is 0 Å². The second kappa shape index (κ2) is 7.72. The van der Waals surface area contributed by atoms with Gasteiger partial charge in [-0.15, -0.1) is 0 Å². The molecule has 2 atom stereocenters. The van der Waals surface area contributed by atoms with Crippen molar-refractivity contribution in [2.75, 3.05) is 0 Å². The average molecular weight is 336 g/mol. The van der Waals surface area contributed by atoms with E-state index in [0.717, 1.165) is 5.56 Å². The molecule has 128 valence electrons. The Morgan fingerprint density at radius 1 is 1.16 bits per heavy atom. The topological polar surface area (TPSA) is 80.0 Å². The van der Waals surface area contributed by atoms with Crippen molar-refractivity contribution in [1.29, 1.82) is 0 Å². The second-order valence-corrected chi connectivity index (χ2v) is 5.87. The molecule has 0 fully saturated rings. The molecule has 2 aromatic heterocycles. The van der Waals surface area contributed by atoms with Crippen LogP contribution in [-0.2, 0) is 0 Å². The summed E-state index contributed by atoms with van der Waals surface area (Å²) in [6.45, 7) is 1.86. The van der Waals surface area contributed by atoms with Crippen LogP contribution in [0, 0.1) is 0 Å². The third kappa shape index (κ3) is 4.30. The van der Waals surface area contributed by atoms with Crippen LogP contribution in [0.15, 0.2) is 67.0 Å². The lowest BCUT2D eigenvalue weighted by atomic mass is 10.0. The van der Waals surface area contributed by atoms with Crippen molar-refractivity contribution in [1.82, 2.24) is 20.1 Å². The number of pyridine rings is 1. The zero-order chi connectivity index (χ0) is 17.6. The summed E-state index contributed by atoms with van der Waals surface area (Å²) in [4.78, 5) is 16.7. The van der Waals surface area contributed by atoms with Gasteiger partial charge in [-0.25, -0.2) is 9.67 Å². The number of nitrogens with one attached hydrogen (secondary N) is 1. The summed E-state index contributed by atoms with van der Waals surface area (Å²) in [5.74, 6) is 0.302. The summed E-state index contributed by atoms with van der Waals surface area (Å²) in [6, 6.07) is 16.2. The fourth-order valence-corrected chi connectivity index (χ4v) is 2.58. The number of aromatic nitrogens is 3. The molecule has 0 saturated heterocycles. The van der Waals surface area contributed by atoms with Crippen LogP contribution in [0.25, 0.3) is 5.82 Å². The molecular formula is C19H20N4O2. The number of nitrogens with zero attached hydrogens (tertiary/aromatic N) is 3. The smallest absolute Gasteiger partial charge is 0.270 e. The van der Waals surface area contributed by atoms with Crippen molar-refractivity contribution in [2.24, 2.45) is 0 Å². The summed E-state index contributed by atoms with van der Waals surface area (Å²) in [5, 5.41) is 17.3. The van der Waals surface area contributed by atoms with E-state index < -0.39 is 6.10 Å². The SMILES string of the molecule is C[C@H](C[C@H](O)c1ccccc1)NC(=O)c1cccc(-n2cccn2)n1. The van der Waals surface area contributed by atoms with Gasteiger partial charge in [0, 0.05) is 18.4 Å². The van der Waals surface area contributed by atoms with Gasteiger partial charge in [-0.1, -0.05) is 36.4 Å². The van der Waals surface area contributed by atoms with E-state index in [0.29, 0.717) is 17.9 Å². The number of hydrogen-bond donors (Lipinski definition) is 2. The number of rotatable bonds is 6. The van der Waals surface area contributed by atoms with Gasteiger partial charge in [0.05, 0.1) is 6.10 Å². The molecule has 0 aliphatic heterocycles. The highest BCUT2D eigenvalue weighted by molar-refractivity contribution is 5.92. The maximum absolute atomic E-state index is 12.4. The molecule has 0 bridgehead atoms. The first-order chi connectivity index (χ1) is 12.1. The first-order valence-electron chi connectivity index (χ1n) is 8.14. The van der Waals surface area contributed by atoms with Gasteiger partial charge in [-0.3, -0.25) is 4.79 Å². The minimum absolute atomic E-state index is 0.196. The molecule has 0 spiro atoms. The van der Waals surface area contributed by atoms with E-state index in [-0.39, 0.29) is 11.9 Å².